The maximum absolute atomic E-state index is 12.1. The number of hydrogen-bond acceptors (Lipinski definition) is 5. The predicted molar refractivity (Wildman–Crippen MR) is 78.0 cm³/mol. The van der Waals surface area contributed by atoms with Gasteiger partial charge in [-0.25, -0.2) is 14.8 Å². The smallest absolute Gasteiger partial charge is 0.371 e. The highest BCUT2D eigenvalue weighted by molar-refractivity contribution is 6.33. The van der Waals surface area contributed by atoms with Crippen LogP contribution in [0.1, 0.15) is 52.4 Å². The van der Waals surface area contributed by atoms with Crippen LogP contribution in [0.5, 0.6) is 0 Å². The lowest BCUT2D eigenvalue weighted by molar-refractivity contribution is 0.0660. The Morgan fingerprint density at radius 1 is 1.41 bits per heavy atom. The van der Waals surface area contributed by atoms with E-state index in [1.165, 1.54) is 18.3 Å². The summed E-state index contributed by atoms with van der Waals surface area (Å²) >= 11 is 5.94. The number of furan rings is 1. The highest BCUT2D eigenvalue weighted by Gasteiger charge is 2.16. The van der Waals surface area contributed by atoms with Crippen molar-refractivity contribution in [1.29, 1.82) is 0 Å². The van der Waals surface area contributed by atoms with Crippen molar-refractivity contribution >= 4 is 23.5 Å². The van der Waals surface area contributed by atoms with Crippen molar-refractivity contribution < 1.29 is 19.1 Å². The van der Waals surface area contributed by atoms with Gasteiger partial charge in [-0.15, -0.1) is 0 Å². The molecule has 0 spiro atoms. The molecule has 0 radical (unpaired) electrons. The van der Waals surface area contributed by atoms with Crippen LogP contribution in [0.15, 0.2) is 22.7 Å². The number of rotatable bonds is 5. The van der Waals surface area contributed by atoms with Gasteiger partial charge in [-0.3, -0.25) is 4.79 Å². The van der Waals surface area contributed by atoms with Gasteiger partial charge in [0.15, 0.2) is 0 Å². The second kappa shape index (κ2) is 6.57. The molecule has 0 aliphatic heterocycles. The van der Waals surface area contributed by atoms with E-state index in [0.29, 0.717) is 11.6 Å². The molecule has 0 saturated carbocycles. The first-order chi connectivity index (χ1) is 10.4. The first-order valence-corrected chi connectivity index (χ1v) is 6.89. The van der Waals surface area contributed by atoms with Crippen molar-refractivity contribution in [2.24, 2.45) is 0 Å². The number of carboxylic acids is 1. The average Bonchev–Trinajstić information content (AvgIpc) is 2.94. The minimum atomic E-state index is -1.17. The van der Waals surface area contributed by atoms with Crippen LogP contribution in [0, 0.1) is 0 Å². The lowest BCUT2D eigenvalue weighted by Crippen LogP contribution is -2.24. The van der Waals surface area contributed by atoms with E-state index in [2.05, 4.69) is 15.3 Å². The van der Waals surface area contributed by atoms with Crippen LogP contribution in [-0.2, 0) is 6.54 Å². The third-order valence-electron chi connectivity index (χ3n) is 2.79. The second-order valence-electron chi connectivity index (χ2n) is 4.83. The van der Waals surface area contributed by atoms with Gasteiger partial charge in [0, 0.05) is 5.92 Å². The zero-order valence-electron chi connectivity index (χ0n) is 12.0. The monoisotopic (exact) mass is 323 g/mol. The van der Waals surface area contributed by atoms with E-state index in [9.17, 15) is 9.59 Å². The molecule has 0 fully saturated rings. The molecule has 0 atom stereocenters. The van der Waals surface area contributed by atoms with Crippen LogP contribution in [-0.4, -0.2) is 27.0 Å². The van der Waals surface area contributed by atoms with E-state index in [4.69, 9.17) is 21.1 Å². The number of hydrogen-bond donors (Lipinski definition) is 2. The Morgan fingerprint density at radius 2 is 2.14 bits per heavy atom. The van der Waals surface area contributed by atoms with Gasteiger partial charge in [-0.2, -0.15) is 0 Å². The largest absolute Gasteiger partial charge is 0.475 e. The summed E-state index contributed by atoms with van der Waals surface area (Å²) in [5.41, 5.74) is 0.0744. The number of carboxylic acid groups (broad SMARTS) is 1. The molecule has 2 aromatic rings. The fourth-order valence-electron chi connectivity index (χ4n) is 1.66. The van der Waals surface area contributed by atoms with Crippen LogP contribution in [0.2, 0.25) is 5.02 Å². The molecule has 0 aromatic carbocycles. The van der Waals surface area contributed by atoms with Crippen LogP contribution in [0.3, 0.4) is 0 Å². The summed E-state index contributed by atoms with van der Waals surface area (Å²) in [6.45, 7) is 3.84. The molecule has 0 aliphatic carbocycles. The van der Waals surface area contributed by atoms with E-state index < -0.39 is 11.9 Å². The van der Waals surface area contributed by atoms with Crippen molar-refractivity contribution in [3.63, 3.8) is 0 Å². The molecule has 8 heteroatoms. The number of carbonyl (C=O) groups is 2. The van der Waals surface area contributed by atoms with Crippen molar-refractivity contribution in [1.82, 2.24) is 15.3 Å². The van der Waals surface area contributed by atoms with Crippen molar-refractivity contribution in [2.45, 2.75) is 26.3 Å². The number of carbonyl (C=O) groups excluding carboxylic acids is 1. The number of nitrogens with zero attached hydrogens (tertiary/aromatic N) is 2. The van der Waals surface area contributed by atoms with E-state index in [-0.39, 0.29) is 28.9 Å². The minimum absolute atomic E-state index is 0.0312. The highest BCUT2D eigenvalue weighted by Crippen LogP contribution is 2.16. The molecule has 22 heavy (non-hydrogen) atoms. The molecule has 0 unspecified atom stereocenters. The summed E-state index contributed by atoms with van der Waals surface area (Å²) in [5.74, 6) is -0.945. The Balaban J connectivity index is 2.08. The van der Waals surface area contributed by atoms with Gasteiger partial charge in [-0.05, 0) is 12.1 Å². The maximum Gasteiger partial charge on any atom is 0.371 e. The van der Waals surface area contributed by atoms with Gasteiger partial charge in [0.1, 0.15) is 17.3 Å². The number of aromatic nitrogens is 2. The normalized spacial score (nSPS) is 10.7. The second-order valence-corrected chi connectivity index (χ2v) is 5.24. The quantitative estimate of drug-likeness (QED) is 0.875. The van der Waals surface area contributed by atoms with Crippen molar-refractivity contribution in [2.75, 3.05) is 0 Å². The SMILES string of the molecule is CC(C)c1ncc(Cl)c(C(=O)NCc2ccc(C(=O)O)o2)n1. The third kappa shape index (κ3) is 3.62. The molecule has 7 nitrogen and oxygen atoms in total. The number of nitrogens with one attached hydrogen (secondary N) is 1. The van der Waals surface area contributed by atoms with E-state index in [0.717, 1.165) is 0 Å². The zero-order chi connectivity index (χ0) is 16.3. The summed E-state index contributed by atoms with van der Waals surface area (Å²) < 4.78 is 5.04. The Morgan fingerprint density at radius 3 is 2.73 bits per heavy atom. The Labute approximate surface area is 131 Å². The molecule has 2 rings (SSSR count). The molecule has 0 saturated heterocycles. The van der Waals surface area contributed by atoms with Crippen LogP contribution < -0.4 is 5.32 Å². The summed E-state index contributed by atoms with van der Waals surface area (Å²) in [5, 5.41) is 11.5. The van der Waals surface area contributed by atoms with Gasteiger partial charge in [0.05, 0.1) is 17.8 Å². The molecule has 2 heterocycles. The van der Waals surface area contributed by atoms with E-state index in [1.54, 1.807) is 0 Å². The lowest BCUT2D eigenvalue weighted by Gasteiger charge is -2.08. The zero-order valence-corrected chi connectivity index (χ0v) is 12.7. The number of aromatic carboxylic acids is 1. The molecular weight excluding hydrogens is 310 g/mol. The fraction of sp³-hybridized carbons (Fsp3) is 0.286. The Hall–Kier alpha value is -2.41. The van der Waals surface area contributed by atoms with E-state index >= 15 is 0 Å². The summed E-state index contributed by atoms with van der Waals surface area (Å²) in [4.78, 5) is 31.0. The molecular formula is C14H14ClN3O4. The fourth-order valence-corrected chi connectivity index (χ4v) is 1.83. The van der Waals surface area contributed by atoms with Crippen LogP contribution >= 0.6 is 11.6 Å². The van der Waals surface area contributed by atoms with Crippen LogP contribution in [0.4, 0.5) is 0 Å². The highest BCUT2D eigenvalue weighted by atomic mass is 35.5. The molecule has 2 N–H and O–H groups in total. The lowest BCUT2D eigenvalue weighted by atomic mass is 10.2. The topological polar surface area (TPSA) is 105 Å². The number of halogens is 1. The Kier molecular flexibility index (Phi) is 4.77. The first-order valence-electron chi connectivity index (χ1n) is 6.51. The number of amides is 1. The Bertz CT molecular complexity index is 712. The first kappa shape index (κ1) is 16.0. The van der Waals surface area contributed by atoms with Gasteiger partial charge in [0.2, 0.25) is 5.76 Å². The standard InChI is InChI=1S/C14H14ClN3O4/c1-7(2)12-16-6-9(15)11(18-12)13(19)17-5-8-3-4-10(22-8)14(20)21/h3-4,6-7H,5H2,1-2H3,(H,17,19)(H,20,21). The van der Waals surface area contributed by atoms with Gasteiger partial charge in [0.25, 0.3) is 5.91 Å². The summed E-state index contributed by atoms with van der Waals surface area (Å²) in [6, 6.07) is 2.79. The van der Waals surface area contributed by atoms with Gasteiger partial charge in [-0.1, -0.05) is 25.4 Å². The maximum atomic E-state index is 12.1. The minimum Gasteiger partial charge on any atom is -0.475 e. The van der Waals surface area contributed by atoms with Crippen molar-refractivity contribution in [3.8, 4) is 0 Å². The molecule has 0 aliphatic rings. The summed E-state index contributed by atoms with van der Waals surface area (Å²) in [7, 11) is 0. The van der Waals surface area contributed by atoms with Gasteiger partial charge < -0.3 is 14.8 Å². The van der Waals surface area contributed by atoms with Gasteiger partial charge >= 0.3 is 5.97 Å². The third-order valence-corrected chi connectivity index (χ3v) is 3.07. The molecule has 1 amide bonds. The van der Waals surface area contributed by atoms with E-state index in [1.807, 2.05) is 13.8 Å². The molecule has 0 bridgehead atoms. The predicted octanol–water partition coefficient (Wildman–Crippen LogP) is 2.47. The van der Waals surface area contributed by atoms with Crippen molar-refractivity contribution in [3.05, 3.63) is 46.4 Å². The average molecular weight is 324 g/mol. The molecule has 2 aromatic heterocycles. The molecule has 116 valence electrons. The van der Waals surface area contributed by atoms with Crippen LogP contribution in [0.25, 0.3) is 0 Å². The summed E-state index contributed by atoms with van der Waals surface area (Å²) in [6.07, 6.45) is 1.38.